The van der Waals surface area contributed by atoms with Gasteiger partial charge in [-0.15, -0.1) is 0 Å². The third kappa shape index (κ3) is 2.07. The van der Waals surface area contributed by atoms with Crippen LogP contribution in [0.5, 0.6) is 5.88 Å². The average molecular weight is 258 g/mol. The smallest absolute Gasteiger partial charge is 0.301 e. The minimum atomic E-state index is -0.0381. The van der Waals surface area contributed by atoms with Crippen molar-refractivity contribution in [2.45, 2.75) is 32.2 Å². The molecule has 0 spiro atoms. The van der Waals surface area contributed by atoms with Crippen molar-refractivity contribution < 1.29 is 9.52 Å². The molecule has 4 nitrogen and oxygen atoms in total. The predicted molar refractivity (Wildman–Crippen MR) is 74.3 cm³/mol. The van der Waals surface area contributed by atoms with Gasteiger partial charge < -0.3 is 14.4 Å². The maximum Gasteiger partial charge on any atom is 0.301 e. The van der Waals surface area contributed by atoms with Crippen LogP contribution in [0.15, 0.2) is 34.7 Å². The lowest BCUT2D eigenvalue weighted by atomic mass is 10.0. The van der Waals surface area contributed by atoms with Crippen molar-refractivity contribution in [1.82, 2.24) is 4.98 Å². The standard InChI is InChI=1S/C15H18N2O2/c1-15(2)9-6-10-17(15)14-16-13(18)12(19-14)11-7-4-3-5-8-11/h3-5,7-8,18H,6,9-10H2,1-2H3. The fourth-order valence-corrected chi connectivity index (χ4v) is 2.66. The molecule has 0 atom stereocenters. The van der Waals surface area contributed by atoms with E-state index in [1.807, 2.05) is 30.3 Å². The van der Waals surface area contributed by atoms with Crippen molar-refractivity contribution >= 4 is 6.01 Å². The Balaban J connectivity index is 1.98. The first kappa shape index (κ1) is 12.1. The number of hydrogen-bond acceptors (Lipinski definition) is 4. The van der Waals surface area contributed by atoms with E-state index in [0.29, 0.717) is 11.8 Å². The maximum absolute atomic E-state index is 9.98. The Hall–Kier alpha value is -1.97. The largest absolute Gasteiger partial charge is 0.490 e. The molecule has 1 aromatic carbocycles. The van der Waals surface area contributed by atoms with Crippen LogP contribution in [0.25, 0.3) is 11.3 Å². The Morgan fingerprint density at radius 2 is 2.00 bits per heavy atom. The number of rotatable bonds is 2. The number of benzene rings is 1. The molecule has 3 rings (SSSR count). The van der Waals surface area contributed by atoms with Gasteiger partial charge in [-0.05, 0) is 26.7 Å². The summed E-state index contributed by atoms with van der Waals surface area (Å²) in [4.78, 5) is 6.30. The number of hydrogen-bond donors (Lipinski definition) is 1. The third-order valence-corrected chi connectivity index (χ3v) is 3.77. The van der Waals surface area contributed by atoms with Crippen molar-refractivity contribution in [3.63, 3.8) is 0 Å². The second kappa shape index (κ2) is 4.30. The molecule has 1 N–H and O–H groups in total. The van der Waals surface area contributed by atoms with Crippen LogP contribution in [0.4, 0.5) is 6.01 Å². The molecule has 4 heteroatoms. The number of oxazole rings is 1. The van der Waals surface area contributed by atoms with Gasteiger partial charge in [0.25, 0.3) is 5.88 Å². The second-order valence-corrected chi connectivity index (χ2v) is 5.58. The van der Waals surface area contributed by atoms with E-state index in [4.69, 9.17) is 4.42 Å². The van der Waals surface area contributed by atoms with E-state index in [9.17, 15) is 5.11 Å². The maximum atomic E-state index is 9.98. The summed E-state index contributed by atoms with van der Waals surface area (Å²) in [7, 11) is 0. The molecule has 0 radical (unpaired) electrons. The second-order valence-electron chi connectivity index (χ2n) is 5.58. The van der Waals surface area contributed by atoms with E-state index in [1.54, 1.807) is 0 Å². The highest BCUT2D eigenvalue weighted by molar-refractivity contribution is 5.63. The van der Waals surface area contributed by atoms with Gasteiger partial charge in [0.05, 0.1) is 0 Å². The zero-order valence-electron chi connectivity index (χ0n) is 11.3. The topological polar surface area (TPSA) is 49.5 Å². The molecule has 2 aromatic rings. The first-order chi connectivity index (χ1) is 9.08. The normalized spacial score (nSPS) is 17.9. The molecule has 0 saturated carbocycles. The van der Waals surface area contributed by atoms with Crippen molar-refractivity contribution in [1.29, 1.82) is 0 Å². The van der Waals surface area contributed by atoms with Crippen LogP contribution in [0.2, 0.25) is 0 Å². The van der Waals surface area contributed by atoms with Crippen LogP contribution in [0, 0.1) is 0 Å². The Labute approximate surface area is 112 Å². The van der Waals surface area contributed by atoms with E-state index < -0.39 is 0 Å². The Bertz CT molecular complexity index is 575. The molecule has 0 amide bonds. The molecule has 19 heavy (non-hydrogen) atoms. The summed E-state index contributed by atoms with van der Waals surface area (Å²) in [5.74, 6) is 0.405. The SMILES string of the molecule is CC1(C)CCCN1c1nc(O)c(-c2ccccc2)o1. The Kier molecular flexibility index (Phi) is 2.73. The van der Waals surface area contributed by atoms with Crippen LogP contribution in [0.3, 0.4) is 0 Å². The molecule has 1 fully saturated rings. The fraction of sp³-hybridized carbons (Fsp3) is 0.400. The highest BCUT2D eigenvalue weighted by Gasteiger charge is 2.35. The number of anilines is 1. The molecule has 0 aliphatic carbocycles. The zero-order chi connectivity index (χ0) is 13.5. The lowest BCUT2D eigenvalue weighted by Crippen LogP contribution is -2.38. The van der Waals surface area contributed by atoms with E-state index in [0.717, 1.165) is 24.9 Å². The quantitative estimate of drug-likeness (QED) is 0.896. The van der Waals surface area contributed by atoms with Gasteiger partial charge in [-0.2, -0.15) is 4.98 Å². The minimum Gasteiger partial charge on any atom is -0.490 e. The average Bonchev–Trinajstić information content (AvgIpc) is 2.93. The highest BCUT2D eigenvalue weighted by atomic mass is 16.4. The van der Waals surface area contributed by atoms with Gasteiger partial charge in [-0.3, -0.25) is 0 Å². The predicted octanol–water partition coefficient (Wildman–Crippen LogP) is 3.43. The molecule has 1 aliphatic heterocycles. The number of nitrogens with zero attached hydrogens (tertiary/aromatic N) is 2. The number of aromatic nitrogens is 1. The van der Waals surface area contributed by atoms with Gasteiger partial charge in [-0.25, -0.2) is 0 Å². The summed E-state index contributed by atoms with van der Waals surface area (Å²) in [6.07, 6.45) is 2.23. The highest BCUT2D eigenvalue weighted by Crippen LogP contribution is 2.38. The van der Waals surface area contributed by atoms with Crippen LogP contribution in [-0.4, -0.2) is 22.2 Å². The molecule has 2 heterocycles. The van der Waals surface area contributed by atoms with Crippen molar-refractivity contribution in [3.8, 4) is 17.2 Å². The summed E-state index contributed by atoms with van der Waals surface area (Å²) in [5, 5.41) is 9.98. The summed E-state index contributed by atoms with van der Waals surface area (Å²) >= 11 is 0. The van der Waals surface area contributed by atoms with Crippen molar-refractivity contribution in [2.24, 2.45) is 0 Å². The molecule has 0 bridgehead atoms. The lowest BCUT2D eigenvalue weighted by Gasteiger charge is -2.29. The first-order valence-electron chi connectivity index (χ1n) is 6.61. The Morgan fingerprint density at radius 1 is 1.26 bits per heavy atom. The molecule has 1 aromatic heterocycles. The number of aromatic hydroxyl groups is 1. The van der Waals surface area contributed by atoms with Crippen LogP contribution < -0.4 is 4.90 Å². The molecular formula is C15H18N2O2. The van der Waals surface area contributed by atoms with E-state index >= 15 is 0 Å². The van der Waals surface area contributed by atoms with E-state index in [2.05, 4.69) is 23.7 Å². The zero-order valence-corrected chi connectivity index (χ0v) is 11.3. The molecular weight excluding hydrogens is 240 g/mol. The van der Waals surface area contributed by atoms with Crippen molar-refractivity contribution in [2.75, 3.05) is 11.4 Å². The summed E-state index contributed by atoms with van der Waals surface area (Å²) in [6.45, 7) is 5.26. The van der Waals surface area contributed by atoms with Gasteiger partial charge in [0.1, 0.15) is 0 Å². The third-order valence-electron chi connectivity index (χ3n) is 3.77. The van der Waals surface area contributed by atoms with Crippen LogP contribution in [-0.2, 0) is 0 Å². The molecule has 1 saturated heterocycles. The van der Waals surface area contributed by atoms with Crippen LogP contribution >= 0.6 is 0 Å². The fourth-order valence-electron chi connectivity index (χ4n) is 2.66. The summed E-state index contributed by atoms with van der Waals surface area (Å²) < 4.78 is 5.78. The summed E-state index contributed by atoms with van der Waals surface area (Å²) in [5.41, 5.74) is 0.876. The molecule has 100 valence electrons. The van der Waals surface area contributed by atoms with Gasteiger partial charge in [0.15, 0.2) is 5.76 Å². The monoisotopic (exact) mass is 258 g/mol. The first-order valence-corrected chi connectivity index (χ1v) is 6.61. The van der Waals surface area contributed by atoms with E-state index in [1.165, 1.54) is 0 Å². The van der Waals surface area contributed by atoms with Gasteiger partial charge in [-0.1, -0.05) is 30.3 Å². The Morgan fingerprint density at radius 3 is 2.63 bits per heavy atom. The van der Waals surface area contributed by atoms with E-state index in [-0.39, 0.29) is 11.4 Å². The molecule has 0 unspecified atom stereocenters. The lowest BCUT2D eigenvalue weighted by molar-refractivity contribution is 0.452. The van der Waals surface area contributed by atoms with Crippen molar-refractivity contribution in [3.05, 3.63) is 30.3 Å². The van der Waals surface area contributed by atoms with Gasteiger partial charge in [0.2, 0.25) is 0 Å². The summed E-state index contributed by atoms with van der Waals surface area (Å²) in [6, 6.07) is 10.1. The molecule has 1 aliphatic rings. The van der Waals surface area contributed by atoms with Crippen LogP contribution in [0.1, 0.15) is 26.7 Å². The van der Waals surface area contributed by atoms with Gasteiger partial charge >= 0.3 is 6.01 Å². The van der Waals surface area contributed by atoms with Gasteiger partial charge in [0, 0.05) is 17.6 Å². The minimum absolute atomic E-state index is 0.0330.